The predicted molar refractivity (Wildman–Crippen MR) is 132 cm³/mol. The maximum absolute atomic E-state index is 13.4. The van der Waals surface area contributed by atoms with Crippen LogP contribution in [0.1, 0.15) is 54.4 Å². The van der Waals surface area contributed by atoms with Crippen LogP contribution in [-0.2, 0) is 25.5 Å². The highest BCUT2D eigenvalue weighted by atomic mass is 16.5. The summed E-state index contributed by atoms with van der Waals surface area (Å²) in [5.74, 6) is -1.44. The molecule has 7 nitrogen and oxygen atoms in total. The van der Waals surface area contributed by atoms with E-state index in [-0.39, 0.29) is 24.7 Å². The van der Waals surface area contributed by atoms with Crippen molar-refractivity contribution in [1.29, 1.82) is 0 Å². The van der Waals surface area contributed by atoms with Gasteiger partial charge in [-0.2, -0.15) is 0 Å². The molecule has 1 fully saturated rings. The minimum Gasteiger partial charge on any atom is -0.465 e. The number of hydrogen-bond acceptors (Lipinski definition) is 5. The summed E-state index contributed by atoms with van der Waals surface area (Å²) in [5, 5.41) is 0. The molecule has 0 saturated carbocycles. The highest BCUT2D eigenvalue weighted by Gasteiger charge is 2.44. The van der Waals surface area contributed by atoms with E-state index in [1.807, 2.05) is 30.3 Å². The Morgan fingerprint density at radius 3 is 2.43 bits per heavy atom. The van der Waals surface area contributed by atoms with Crippen LogP contribution in [-0.4, -0.2) is 48.3 Å². The molecule has 2 aromatic rings. The van der Waals surface area contributed by atoms with Gasteiger partial charge in [0.1, 0.15) is 6.04 Å². The number of hydrogen-bond donors (Lipinski definition) is 0. The van der Waals surface area contributed by atoms with Crippen LogP contribution in [0.2, 0.25) is 0 Å². The maximum atomic E-state index is 13.4. The molecule has 7 heteroatoms. The number of ether oxygens (including phenoxy) is 1. The molecule has 2 aromatic carbocycles. The lowest BCUT2D eigenvalue weighted by molar-refractivity contribution is -0.137. The van der Waals surface area contributed by atoms with Crippen LogP contribution in [0.15, 0.2) is 66.2 Å². The molecular formula is C28H30N2O5. The Kier molecular flexibility index (Phi) is 7.75. The second-order valence-corrected chi connectivity index (χ2v) is 8.93. The Balaban J connectivity index is 1.55. The van der Waals surface area contributed by atoms with Gasteiger partial charge in [-0.25, -0.2) is 9.69 Å². The minimum absolute atomic E-state index is 0.0584. The normalized spacial score (nSPS) is 17.8. The van der Waals surface area contributed by atoms with E-state index in [9.17, 15) is 19.2 Å². The Hall–Kier alpha value is -3.74. The van der Waals surface area contributed by atoms with Gasteiger partial charge in [0.25, 0.3) is 5.91 Å². The van der Waals surface area contributed by atoms with Crippen LogP contribution in [0.3, 0.4) is 0 Å². The van der Waals surface area contributed by atoms with Crippen LogP contribution in [0.5, 0.6) is 0 Å². The lowest BCUT2D eigenvalue weighted by Crippen LogP contribution is -2.46. The number of anilines is 1. The van der Waals surface area contributed by atoms with E-state index in [0.717, 1.165) is 29.7 Å². The van der Waals surface area contributed by atoms with Gasteiger partial charge in [0, 0.05) is 6.54 Å². The highest BCUT2D eigenvalue weighted by molar-refractivity contribution is 6.23. The first kappa shape index (κ1) is 24.4. The number of carbonyl (C=O) groups excluding carboxylic acids is 4. The van der Waals surface area contributed by atoms with Crippen LogP contribution in [0.4, 0.5) is 5.69 Å². The second-order valence-electron chi connectivity index (χ2n) is 8.93. The first-order valence-corrected chi connectivity index (χ1v) is 12.0. The van der Waals surface area contributed by atoms with Crippen molar-refractivity contribution < 1.29 is 23.9 Å². The third-order valence-electron chi connectivity index (χ3n) is 6.62. The van der Waals surface area contributed by atoms with Gasteiger partial charge in [-0.1, -0.05) is 42.0 Å². The Labute approximate surface area is 205 Å². The molecule has 35 heavy (non-hydrogen) atoms. The average Bonchev–Trinajstić information content (AvgIpc) is 3.18. The summed E-state index contributed by atoms with van der Waals surface area (Å²) in [6.07, 6.45) is 7.43. The van der Waals surface area contributed by atoms with Crippen molar-refractivity contribution in [2.24, 2.45) is 0 Å². The van der Waals surface area contributed by atoms with E-state index in [1.54, 1.807) is 17.0 Å². The average molecular weight is 475 g/mol. The number of benzene rings is 2. The van der Waals surface area contributed by atoms with Gasteiger partial charge >= 0.3 is 5.97 Å². The van der Waals surface area contributed by atoms with Crippen LogP contribution >= 0.6 is 0 Å². The molecule has 0 N–H and O–H groups in total. The molecular weight excluding hydrogens is 444 g/mol. The zero-order chi connectivity index (χ0) is 24.8. The summed E-state index contributed by atoms with van der Waals surface area (Å²) >= 11 is 0. The Morgan fingerprint density at radius 2 is 1.77 bits per heavy atom. The second kappa shape index (κ2) is 11.1. The summed E-state index contributed by atoms with van der Waals surface area (Å²) < 4.78 is 4.71. The van der Waals surface area contributed by atoms with E-state index in [2.05, 4.69) is 6.08 Å². The van der Waals surface area contributed by atoms with E-state index in [1.165, 1.54) is 31.2 Å². The highest BCUT2D eigenvalue weighted by Crippen LogP contribution is 2.28. The number of amides is 3. The first-order chi connectivity index (χ1) is 17.0. The van der Waals surface area contributed by atoms with Crippen LogP contribution < -0.4 is 4.90 Å². The third kappa shape index (κ3) is 5.67. The molecule has 0 spiro atoms. The molecule has 1 atom stereocenters. The van der Waals surface area contributed by atoms with Gasteiger partial charge in [0.15, 0.2) is 0 Å². The van der Waals surface area contributed by atoms with Crippen molar-refractivity contribution >= 4 is 29.4 Å². The number of nitrogens with zero attached hydrogens (tertiary/aromatic N) is 2. The number of imide groups is 1. The molecule has 0 radical (unpaired) electrons. The standard InChI is InChI=1S/C28H30N2O5/c1-35-28(34)22-12-14-23(15-13-22)30-26(32)19-24(27(30)33)29(17-16-20-8-4-2-5-9-20)25(31)18-21-10-6-3-7-11-21/h3,6-8,10-15,24H,2,4-5,9,16-19H2,1H3. The summed E-state index contributed by atoms with van der Waals surface area (Å²) in [6, 6.07) is 14.7. The zero-order valence-electron chi connectivity index (χ0n) is 19.9. The number of rotatable bonds is 8. The van der Waals surface area contributed by atoms with Gasteiger partial charge in [0.2, 0.25) is 11.8 Å². The molecule has 1 aliphatic heterocycles. The quantitative estimate of drug-likeness (QED) is 0.327. The number of carbonyl (C=O) groups is 4. The molecule has 1 heterocycles. The summed E-state index contributed by atoms with van der Waals surface area (Å²) in [4.78, 5) is 54.2. The van der Waals surface area contributed by atoms with Crippen LogP contribution in [0, 0.1) is 0 Å². The Morgan fingerprint density at radius 1 is 1.03 bits per heavy atom. The van der Waals surface area contributed by atoms with Crippen molar-refractivity contribution in [3.8, 4) is 0 Å². The molecule has 1 aliphatic carbocycles. The topological polar surface area (TPSA) is 84.0 Å². The Bertz CT molecular complexity index is 1120. The summed E-state index contributed by atoms with van der Waals surface area (Å²) in [5.41, 5.74) is 2.88. The molecule has 0 bridgehead atoms. The van der Waals surface area contributed by atoms with E-state index in [0.29, 0.717) is 24.2 Å². The van der Waals surface area contributed by atoms with Crippen molar-refractivity contribution in [3.05, 3.63) is 77.4 Å². The minimum atomic E-state index is -0.844. The van der Waals surface area contributed by atoms with E-state index < -0.39 is 17.9 Å². The van der Waals surface area contributed by atoms with Gasteiger partial charge in [-0.3, -0.25) is 14.4 Å². The lowest BCUT2D eigenvalue weighted by atomic mass is 9.96. The number of esters is 1. The lowest BCUT2D eigenvalue weighted by Gasteiger charge is -2.29. The van der Waals surface area contributed by atoms with Crippen molar-refractivity contribution in [2.75, 3.05) is 18.6 Å². The molecule has 3 amide bonds. The third-order valence-corrected chi connectivity index (χ3v) is 6.62. The van der Waals surface area contributed by atoms with E-state index >= 15 is 0 Å². The predicted octanol–water partition coefficient (Wildman–Crippen LogP) is 4.07. The van der Waals surface area contributed by atoms with Gasteiger partial charge < -0.3 is 9.64 Å². The van der Waals surface area contributed by atoms with Crippen molar-refractivity contribution in [3.63, 3.8) is 0 Å². The summed E-state index contributed by atoms with van der Waals surface area (Å²) in [6.45, 7) is 0.399. The molecule has 0 aromatic heterocycles. The van der Waals surface area contributed by atoms with Gasteiger partial charge in [-0.15, -0.1) is 0 Å². The first-order valence-electron chi connectivity index (χ1n) is 12.0. The largest absolute Gasteiger partial charge is 0.465 e. The van der Waals surface area contributed by atoms with Crippen LogP contribution in [0.25, 0.3) is 0 Å². The summed E-state index contributed by atoms with van der Waals surface area (Å²) in [7, 11) is 1.29. The van der Waals surface area contributed by atoms with E-state index in [4.69, 9.17) is 4.74 Å². The smallest absolute Gasteiger partial charge is 0.337 e. The fraction of sp³-hybridized carbons (Fsp3) is 0.357. The molecule has 1 unspecified atom stereocenters. The molecule has 182 valence electrons. The zero-order valence-corrected chi connectivity index (χ0v) is 19.9. The number of methoxy groups -OCH3 is 1. The van der Waals surface area contributed by atoms with Crippen molar-refractivity contribution in [2.45, 2.75) is 51.0 Å². The number of allylic oxidation sites excluding steroid dienone is 1. The van der Waals surface area contributed by atoms with Gasteiger partial charge in [-0.05, 0) is 61.9 Å². The maximum Gasteiger partial charge on any atom is 0.337 e. The van der Waals surface area contributed by atoms with Crippen molar-refractivity contribution in [1.82, 2.24) is 4.90 Å². The molecule has 2 aliphatic rings. The fourth-order valence-corrected chi connectivity index (χ4v) is 4.72. The van der Waals surface area contributed by atoms with Gasteiger partial charge in [0.05, 0.1) is 31.2 Å². The fourth-order valence-electron chi connectivity index (χ4n) is 4.72. The molecule has 1 saturated heterocycles. The monoisotopic (exact) mass is 474 g/mol. The SMILES string of the molecule is COC(=O)c1ccc(N2C(=O)CC(N(CCC3=CCCCC3)C(=O)Cc3ccccc3)C2=O)cc1. The molecule has 4 rings (SSSR count).